The molecule has 1 atom stereocenters. The van der Waals surface area contributed by atoms with Crippen LogP contribution in [0.4, 0.5) is 5.95 Å². The number of aromatic hydroxyl groups is 1. The van der Waals surface area contributed by atoms with Crippen LogP contribution in [0.3, 0.4) is 0 Å². The van der Waals surface area contributed by atoms with Crippen LogP contribution in [0.5, 0.6) is 5.75 Å². The highest BCUT2D eigenvalue weighted by Gasteiger charge is 2.36. The van der Waals surface area contributed by atoms with E-state index in [0.29, 0.717) is 22.8 Å². The molecule has 27 heavy (non-hydrogen) atoms. The second kappa shape index (κ2) is 6.95. The van der Waals surface area contributed by atoms with Crippen LogP contribution in [0, 0.1) is 0 Å². The highest BCUT2D eigenvalue weighted by atomic mass is 16.5. The Kier molecular flexibility index (Phi) is 4.33. The number of carbonyl (C=O) groups is 1. The SMILES string of the molecule is CCOC(=O)C1=C(c2ccccc2)Nc2ncnn2[C@H]1c1cccc(O)c1. The smallest absolute Gasteiger partial charge is 0.338 e. The third-order valence-corrected chi connectivity index (χ3v) is 4.34. The second-order valence-electron chi connectivity index (χ2n) is 6.03. The number of fused-ring (bicyclic) bond motifs is 1. The van der Waals surface area contributed by atoms with E-state index < -0.39 is 12.0 Å². The number of nitrogens with zero attached hydrogens (tertiary/aromatic N) is 3. The Hall–Kier alpha value is -3.61. The van der Waals surface area contributed by atoms with Crippen LogP contribution in [-0.2, 0) is 9.53 Å². The van der Waals surface area contributed by atoms with Crippen molar-refractivity contribution in [1.82, 2.24) is 14.8 Å². The Labute approximate surface area is 155 Å². The molecule has 7 nitrogen and oxygen atoms in total. The number of phenols is 1. The molecule has 0 saturated heterocycles. The number of carbonyl (C=O) groups excluding carboxylic acids is 1. The van der Waals surface area contributed by atoms with E-state index in [0.717, 1.165) is 5.56 Å². The molecule has 1 aliphatic heterocycles. The number of hydrogen-bond donors (Lipinski definition) is 2. The van der Waals surface area contributed by atoms with E-state index >= 15 is 0 Å². The minimum Gasteiger partial charge on any atom is -0.508 e. The van der Waals surface area contributed by atoms with Crippen molar-refractivity contribution < 1.29 is 14.6 Å². The maximum atomic E-state index is 12.9. The minimum absolute atomic E-state index is 0.108. The molecule has 7 heteroatoms. The summed E-state index contributed by atoms with van der Waals surface area (Å²) in [7, 11) is 0. The van der Waals surface area contributed by atoms with Crippen molar-refractivity contribution in [2.24, 2.45) is 0 Å². The summed E-state index contributed by atoms with van der Waals surface area (Å²) >= 11 is 0. The molecule has 0 unspecified atom stereocenters. The first-order chi connectivity index (χ1) is 13.2. The molecule has 136 valence electrons. The number of nitrogens with one attached hydrogen (secondary N) is 1. The van der Waals surface area contributed by atoms with Gasteiger partial charge < -0.3 is 15.2 Å². The van der Waals surface area contributed by atoms with E-state index in [4.69, 9.17) is 4.74 Å². The molecule has 4 rings (SSSR count). The summed E-state index contributed by atoms with van der Waals surface area (Å²) in [6, 6.07) is 15.7. The summed E-state index contributed by atoms with van der Waals surface area (Å²) in [6.07, 6.45) is 1.43. The van der Waals surface area contributed by atoms with Crippen LogP contribution in [0.2, 0.25) is 0 Å². The maximum Gasteiger partial charge on any atom is 0.338 e. The zero-order chi connectivity index (χ0) is 18.8. The third kappa shape index (κ3) is 3.03. The second-order valence-corrected chi connectivity index (χ2v) is 6.03. The summed E-state index contributed by atoms with van der Waals surface area (Å²) in [5.74, 6) is 0.172. The van der Waals surface area contributed by atoms with Gasteiger partial charge in [0.2, 0.25) is 5.95 Å². The highest BCUT2D eigenvalue weighted by Crippen LogP contribution is 2.39. The molecular formula is C20H18N4O3. The Morgan fingerprint density at radius 2 is 2.04 bits per heavy atom. The third-order valence-electron chi connectivity index (χ3n) is 4.34. The maximum absolute atomic E-state index is 12.9. The molecule has 2 aromatic carbocycles. The summed E-state index contributed by atoms with van der Waals surface area (Å²) < 4.78 is 6.96. The van der Waals surface area contributed by atoms with Crippen molar-refractivity contribution in [3.63, 3.8) is 0 Å². The number of esters is 1. The van der Waals surface area contributed by atoms with Gasteiger partial charge in [-0.05, 0) is 30.2 Å². The molecule has 0 amide bonds. The van der Waals surface area contributed by atoms with E-state index in [1.807, 2.05) is 36.4 Å². The molecule has 2 heterocycles. The lowest BCUT2D eigenvalue weighted by Crippen LogP contribution is -2.30. The van der Waals surface area contributed by atoms with Crippen molar-refractivity contribution in [1.29, 1.82) is 0 Å². The van der Waals surface area contributed by atoms with Gasteiger partial charge in [0.1, 0.15) is 18.1 Å². The molecule has 0 fully saturated rings. The average molecular weight is 362 g/mol. The van der Waals surface area contributed by atoms with E-state index in [2.05, 4.69) is 15.4 Å². The summed E-state index contributed by atoms with van der Waals surface area (Å²) in [5, 5.41) is 17.4. The van der Waals surface area contributed by atoms with Gasteiger partial charge in [0.05, 0.1) is 17.9 Å². The Balaban J connectivity index is 1.97. The molecule has 0 spiro atoms. The number of aromatic nitrogens is 3. The van der Waals surface area contributed by atoms with Crippen LogP contribution in [0.15, 0.2) is 66.5 Å². The first-order valence-corrected chi connectivity index (χ1v) is 8.61. The lowest BCUT2D eigenvalue weighted by Gasteiger charge is -2.29. The number of ether oxygens (including phenoxy) is 1. The van der Waals surface area contributed by atoms with Gasteiger partial charge in [-0.3, -0.25) is 0 Å². The largest absolute Gasteiger partial charge is 0.508 e. The van der Waals surface area contributed by atoms with Crippen LogP contribution < -0.4 is 5.32 Å². The van der Waals surface area contributed by atoms with Crippen LogP contribution >= 0.6 is 0 Å². The molecule has 1 aliphatic rings. The summed E-state index contributed by atoms with van der Waals surface area (Å²) in [4.78, 5) is 17.2. The first-order valence-electron chi connectivity index (χ1n) is 8.61. The van der Waals surface area contributed by atoms with Crippen LogP contribution in [-0.4, -0.2) is 32.4 Å². The lowest BCUT2D eigenvalue weighted by molar-refractivity contribution is -0.138. The quantitative estimate of drug-likeness (QED) is 0.694. The van der Waals surface area contributed by atoms with Gasteiger partial charge in [0, 0.05) is 0 Å². The number of hydrogen-bond acceptors (Lipinski definition) is 6. The summed E-state index contributed by atoms with van der Waals surface area (Å²) in [6.45, 7) is 2.02. The Bertz CT molecular complexity index is 1010. The fourth-order valence-electron chi connectivity index (χ4n) is 3.22. The van der Waals surface area contributed by atoms with E-state index in [1.54, 1.807) is 29.8 Å². The van der Waals surface area contributed by atoms with Crippen molar-refractivity contribution >= 4 is 17.6 Å². The minimum atomic E-state index is -0.579. The zero-order valence-corrected chi connectivity index (χ0v) is 14.7. The fourth-order valence-corrected chi connectivity index (χ4v) is 3.22. The van der Waals surface area contributed by atoms with Gasteiger partial charge in [-0.1, -0.05) is 42.5 Å². The first kappa shape index (κ1) is 16.8. The Morgan fingerprint density at radius 3 is 2.78 bits per heavy atom. The molecule has 3 aromatic rings. The molecule has 1 aromatic heterocycles. The monoisotopic (exact) mass is 362 g/mol. The van der Waals surface area contributed by atoms with Crippen molar-refractivity contribution in [3.8, 4) is 5.75 Å². The Morgan fingerprint density at radius 1 is 1.22 bits per heavy atom. The normalized spacial score (nSPS) is 15.8. The standard InChI is InChI=1S/C20H18N4O3/c1-2-27-19(26)16-17(13-7-4-3-5-8-13)23-20-21-12-22-24(20)18(16)14-9-6-10-15(25)11-14/h3-12,18,25H,2H2,1H3,(H,21,22,23)/t18-/m0/s1. The van der Waals surface area contributed by atoms with E-state index in [-0.39, 0.29) is 12.4 Å². The van der Waals surface area contributed by atoms with Gasteiger partial charge in [-0.25, -0.2) is 9.48 Å². The van der Waals surface area contributed by atoms with Gasteiger partial charge in [0.25, 0.3) is 0 Å². The van der Waals surface area contributed by atoms with Crippen LogP contribution in [0.25, 0.3) is 5.70 Å². The predicted octanol–water partition coefficient (Wildman–Crippen LogP) is 2.97. The van der Waals surface area contributed by atoms with E-state index in [1.165, 1.54) is 6.33 Å². The number of phenolic OH excluding ortho intramolecular Hbond substituents is 1. The van der Waals surface area contributed by atoms with Crippen molar-refractivity contribution in [2.75, 3.05) is 11.9 Å². The zero-order valence-electron chi connectivity index (χ0n) is 14.7. The van der Waals surface area contributed by atoms with Crippen LogP contribution in [0.1, 0.15) is 24.1 Å². The van der Waals surface area contributed by atoms with E-state index in [9.17, 15) is 9.90 Å². The molecular weight excluding hydrogens is 344 g/mol. The number of rotatable bonds is 4. The number of anilines is 1. The molecule has 0 radical (unpaired) electrons. The van der Waals surface area contributed by atoms with Gasteiger partial charge in [-0.15, -0.1) is 0 Å². The lowest BCUT2D eigenvalue weighted by atomic mass is 9.93. The predicted molar refractivity (Wildman–Crippen MR) is 99.9 cm³/mol. The average Bonchev–Trinajstić information content (AvgIpc) is 3.15. The van der Waals surface area contributed by atoms with Crippen molar-refractivity contribution in [2.45, 2.75) is 13.0 Å². The number of benzene rings is 2. The van der Waals surface area contributed by atoms with Crippen molar-refractivity contribution in [3.05, 3.63) is 77.6 Å². The molecule has 0 saturated carbocycles. The summed E-state index contributed by atoms with van der Waals surface area (Å²) in [5.41, 5.74) is 2.56. The topological polar surface area (TPSA) is 89.3 Å². The fraction of sp³-hybridized carbons (Fsp3) is 0.150. The van der Waals surface area contributed by atoms with Gasteiger partial charge in [-0.2, -0.15) is 10.1 Å². The van der Waals surface area contributed by atoms with Gasteiger partial charge in [0.15, 0.2) is 0 Å². The molecule has 0 aliphatic carbocycles. The molecule has 2 N–H and O–H groups in total. The van der Waals surface area contributed by atoms with Gasteiger partial charge >= 0.3 is 5.97 Å². The highest BCUT2D eigenvalue weighted by molar-refractivity contribution is 6.02. The molecule has 0 bridgehead atoms.